The van der Waals surface area contributed by atoms with Crippen LogP contribution < -0.4 is 9.73 Å². The Balaban J connectivity index is 2.50. The lowest BCUT2D eigenvalue weighted by Gasteiger charge is -2.26. The average Bonchev–Trinajstić information content (AvgIpc) is 2.61. The van der Waals surface area contributed by atoms with Crippen LogP contribution in [-0.2, 0) is 10.0 Å². The van der Waals surface area contributed by atoms with Gasteiger partial charge in [-0.3, -0.25) is 9.73 Å². The number of anilines is 2. The third-order valence-corrected chi connectivity index (χ3v) is 5.47. The molecule has 0 spiro atoms. The summed E-state index contributed by atoms with van der Waals surface area (Å²) in [7, 11) is -5.56. The molecule has 5 nitrogen and oxygen atoms in total. The molecule has 0 saturated heterocycles. The number of nitrogens with one attached hydrogen (secondary N) is 1. The second kappa shape index (κ2) is 8.18. The molecule has 1 N–H and O–H groups in total. The van der Waals surface area contributed by atoms with Gasteiger partial charge in [0.05, 0.1) is 17.1 Å². The minimum Gasteiger partial charge on any atom is -0.278 e. The molecule has 0 heterocycles. The summed E-state index contributed by atoms with van der Waals surface area (Å²) in [6, 6.07) is 12.8. The predicted octanol–water partition coefficient (Wildman–Crippen LogP) is 4.85. The highest BCUT2D eigenvalue weighted by molar-refractivity contribution is 7.93. The van der Waals surface area contributed by atoms with Gasteiger partial charge in [-0.05, 0) is 44.2 Å². The van der Waals surface area contributed by atoms with Crippen LogP contribution in [0.15, 0.2) is 53.6 Å². The van der Waals surface area contributed by atoms with E-state index in [1.165, 1.54) is 25.1 Å². The molecule has 10 heteroatoms. The van der Waals surface area contributed by atoms with Gasteiger partial charge in [-0.1, -0.05) is 29.8 Å². The van der Waals surface area contributed by atoms with Crippen molar-refractivity contribution < 1.29 is 21.6 Å². The van der Waals surface area contributed by atoms with Crippen LogP contribution in [0.2, 0.25) is 5.02 Å². The summed E-state index contributed by atoms with van der Waals surface area (Å²) in [5, 5.41) is 4.37. The van der Waals surface area contributed by atoms with Crippen molar-refractivity contribution in [1.82, 2.24) is 0 Å². The zero-order chi connectivity index (χ0) is 20.2. The standard InChI is InChI=1S/C17H17ClF3N3O2S/c1-3-24(27(25,26)17(19,20)21)16-10-9-13(18)11-15(16)12(2)22-23-14-7-5-4-6-8-14/h4-11,23H,3H2,1-2H3. The Morgan fingerprint density at radius 1 is 1.19 bits per heavy atom. The summed E-state index contributed by atoms with van der Waals surface area (Å²) in [6.07, 6.45) is 0. The largest absolute Gasteiger partial charge is 0.516 e. The number of nitrogens with zero attached hydrogens (tertiary/aromatic N) is 2. The van der Waals surface area contributed by atoms with E-state index in [2.05, 4.69) is 10.5 Å². The molecule has 0 fully saturated rings. The Kier molecular flexibility index (Phi) is 6.38. The van der Waals surface area contributed by atoms with E-state index in [1.807, 2.05) is 6.07 Å². The van der Waals surface area contributed by atoms with Crippen LogP contribution >= 0.6 is 11.6 Å². The van der Waals surface area contributed by atoms with Crippen molar-refractivity contribution in [1.29, 1.82) is 0 Å². The van der Waals surface area contributed by atoms with Gasteiger partial charge in [-0.15, -0.1) is 0 Å². The maximum Gasteiger partial charge on any atom is 0.516 e. The molecule has 0 aliphatic heterocycles. The molecule has 0 unspecified atom stereocenters. The molecule has 0 atom stereocenters. The van der Waals surface area contributed by atoms with Crippen molar-refractivity contribution in [3.8, 4) is 0 Å². The van der Waals surface area contributed by atoms with Crippen LogP contribution in [-0.4, -0.2) is 26.2 Å². The van der Waals surface area contributed by atoms with E-state index in [4.69, 9.17) is 11.6 Å². The number of sulfonamides is 1. The molecule has 0 saturated carbocycles. The normalized spacial score (nSPS) is 12.7. The first-order valence-electron chi connectivity index (χ1n) is 7.82. The molecule has 0 aliphatic rings. The third kappa shape index (κ3) is 4.72. The quantitative estimate of drug-likeness (QED) is 0.537. The fraction of sp³-hybridized carbons (Fsp3) is 0.235. The lowest BCUT2D eigenvalue weighted by Crippen LogP contribution is -2.41. The van der Waals surface area contributed by atoms with Gasteiger partial charge in [0, 0.05) is 17.1 Å². The van der Waals surface area contributed by atoms with Crippen molar-refractivity contribution in [3.05, 3.63) is 59.1 Å². The Hall–Kier alpha value is -2.26. The average molecular weight is 420 g/mol. The molecule has 0 radical (unpaired) electrons. The van der Waals surface area contributed by atoms with Crippen LogP contribution in [0.1, 0.15) is 19.4 Å². The van der Waals surface area contributed by atoms with Gasteiger partial charge in [0.1, 0.15) is 0 Å². The number of alkyl halides is 3. The molecule has 146 valence electrons. The molecule has 27 heavy (non-hydrogen) atoms. The molecule has 0 aliphatic carbocycles. The maximum absolute atomic E-state index is 13.0. The molecular weight excluding hydrogens is 403 g/mol. The van der Waals surface area contributed by atoms with Crippen LogP contribution in [0, 0.1) is 0 Å². The Bertz CT molecular complexity index is 932. The maximum atomic E-state index is 13.0. The number of para-hydroxylation sites is 1. The highest BCUT2D eigenvalue weighted by atomic mass is 35.5. The summed E-state index contributed by atoms with van der Waals surface area (Å²) < 4.78 is 63.3. The van der Waals surface area contributed by atoms with Gasteiger partial charge in [0.15, 0.2) is 0 Å². The van der Waals surface area contributed by atoms with Gasteiger partial charge in [0.25, 0.3) is 0 Å². The van der Waals surface area contributed by atoms with Crippen LogP contribution in [0.4, 0.5) is 24.5 Å². The summed E-state index contributed by atoms with van der Waals surface area (Å²) in [4.78, 5) is 0. The Morgan fingerprint density at radius 2 is 1.81 bits per heavy atom. The van der Waals surface area contributed by atoms with Crippen molar-refractivity contribution in [2.75, 3.05) is 16.3 Å². The second-order valence-corrected chi connectivity index (χ2v) is 7.74. The molecule has 2 aromatic carbocycles. The van der Waals surface area contributed by atoms with E-state index in [-0.39, 0.29) is 22.0 Å². The van der Waals surface area contributed by atoms with E-state index in [1.54, 1.807) is 31.2 Å². The summed E-state index contributed by atoms with van der Waals surface area (Å²) >= 11 is 5.96. The Morgan fingerprint density at radius 3 is 2.37 bits per heavy atom. The van der Waals surface area contributed by atoms with Crippen molar-refractivity contribution in [2.45, 2.75) is 19.4 Å². The van der Waals surface area contributed by atoms with E-state index >= 15 is 0 Å². The predicted molar refractivity (Wildman–Crippen MR) is 102 cm³/mol. The summed E-state index contributed by atoms with van der Waals surface area (Å²) in [5.41, 5.74) is -1.71. The van der Waals surface area contributed by atoms with E-state index < -0.39 is 22.1 Å². The molecule has 0 amide bonds. The first-order valence-corrected chi connectivity index (χ1v) is 9.64. The molecule has 2 aromatic rings. The molecular formula is C17H17ClF3N3O2S. The van der Waals surface area contributed by atoms with Gasteiger partial charge in [0.2, 0.25) is 0 Å². The third-order valence-electron chi connectivity index (χ3n) is 3.61. The molecule has 0 bridgehead atoms. The van der Waals surface area contributed by atoms with E-state index in [9.17, 15) is 21.6 Å². The number of hydrogen-bond donors (Lipinski definition) is 1. The van der Waals surface area contributed by atoms with E-state index in [0.29, 0.717) is 9.99 Å². The first kappa shape index (κ1) is 21.0. The van der Waals surface area contributed by atoms with Gasteiger partial charge >= 0.3 is 15.5 Å². The number of halogens is 4. The lowest BCUT2D eigenvalue weighted by atomic mass is 10.1. The molecule has 2 rings (SSSR count). The fourth-order valence-corrected chi connectivity index (χ4v) is 3.51. The summed E-state index contributed by atoms with van der Waals surface area (Å²) in [6.45, 7) is 2.45. The number of hydrogen-bond acceptors (Lipinski definition) is 4. The monoisotopic (exact) mass is 419 g/mol. The van der Waals surface area contributed by atoms with Crippen molar-refractivity contribution >= 4 is 38.7 Å². The van der Waals surface area contributed by atoms with Gasteiger partial charge in [-0.25, -0.2) is 0 Å². The minimum atomic E-state index is -5.56. The SMILES string of the molecule is CCN(c1ccc(Cl)cc1C(C)=NNc1ccccc1)S(=O)(=O)C(F)(F)F. The van der Waals surface area contributed by atoms with Crippen molar-refractivity contribution in [3.63, 3.8) is 0 Å². The van der Waals surface area contributed by atoms with Crippen molar-refractivity contribution in [2.24, 2.45) is 5.10 Å². The summed E-state index contributed by atoms with van der Waals surface area (Å²) in [5.74, 6) is 0. The van der Waals surface area contributed by atoms with Gasteiger partial charge in [-0.2, -0.15) is 26.7 Å². The number of rotatable bonds is 6. The topological polar surface area (TPSA) is 61.8 Å². The molecule has 0 aromatic heterocycles. The first-order chi connectivity index (χ1) is 12.6. The second-order valence-electron chi connectivity index (χ2n) is 5.45. The zero-order valence-corrected chi connectivity index (χ0v) is 16.0. The van der Waals surface area contributed by atoms with Crippen LogP contribution in [0.3, 0.4) is 0 Å². The Labute approximate surface area is 160 Å². The van der Waals surface area contributed by atoms with Crippen LogP contribution in [0.5, 0.6) is 0 Å². The number of hydrazone groups is 1. The van der Waals surface area contributed by atoms with Crippen LogP contribution in [0.25, 0.3) is 0 Å². The highest BCUT2D eigenvalue weighted by Gasteiger charge is 2.50. The number of benzene rings is 2. The smallest absolute Gasteiger partial charge is 0.278 e. The highest BCUT2D eigenvalue weighted by Crippen LogP contribution is 2.34. The minimum absolute atomic E-state index is 0.157. The zero-order valence-electron chi connectivity index (χ0n) is 14.5. The lowest BCUT2D eigenvalue weighted by molar-refractivity contribution is -0.0438. The van der Waals surface area contributed by atoms with E-state index in [0.717, 1.165) is 0 Å². The fourth-order valence-electron chi connectivity index (χ4n) is 2.33. The van der Waals surface area contributed by atoms with Gasteiger partial charge < -0.3 is 0 Å².